The largest absolute Gasteiger partial charge is 0.496 e. The molecule has 0 amide bonds. The number of hydrogen-bond acceptors (Lipinski definition) is 9. The van der Waals surface area contributed by atoms with Crippen molar-refractivity contribution >= 4 is 12.9 Å². The molecule has 5 atom stereocenters. The minimum absolute atomic E-state index is 0.0661. The van der Waals surface area contributed by atoms with Gasteiger partial charge in [0.15, 0.2) is 6.23 Å². The Morgan fingerprint density at radius 2 is 1.77 bits per heavy atom. The van der Waals surface area contributed by atoms with Gasteiger partial charge in [0, 0.05) is 11.8 Å². The van der Waals surface area contributed by atoms with Crippen LogP contribution in [0.4, 0.5) is 0 Å². The SMILES string of the molecule is CCCCCc1cn(C2OC(COP(=O)(O)c3c(OC)cccc3OC)C(O)C2O)c(=O)[nH]c1=O. The van der Waals surface area contributed by atoms with Crippen molar-refractivity contribution in [3.8, 4) is 11.5 Å². The molecule has 194 valence electrons. The van der Waals surface area contributed by atoms with E-state index in [0.717, 1.165) is 23.8 Å². The number of ether oxygens (including phenoxy) is 3. The van der Waals surface area contributed by atoms with Crippen molar-refractivity contribution in [2.24, 2.45) is 0 Å². The number of hydrogen-bond donors (Lipinski definition) is 4. The third-order valence-corrected chi connectivity index (χ3v) is 7.31. The Kier molecular flexibility index (Phi) is 8.92. The summed E-state index contributed by atoms with van der Waals surface area (Å²) in [7, 11) is -1.88. The number of nitrogens with one attached hydrogen (secondary N) is 1. The van der Waals surface area contributed by atoms with E-state index in [-0.39, 0.29) is 16.8 Å². The molecule has 2 heterocycles. The number of benzene rings is 1. The number of aliphatic hydroxyl groups excluding tert-OH is 2. The Bertz CT molecular complexity index is 1160. The van der Waals surface area contributed by atoms with Crippen LogP contribution in [0.1, 0.15) is 38.0 Å². The highest BCUT2D eigenvalue weighted by Gasteiger charge is 2.45. The van der Waals surface area contributed by atoms with Crippen molar-refractivity contribution < 1.29 is 38.4 Å². The van der Waals surface area contributed by atoms with Crippen LogP contribution in [-0.2, 0) is 20.2 Å². The number of aliphatic hydroxyl groups is 2. The van der Waals surface area contributed by atoms with E-state index in [4.69, 9.17) is 18.7 Å². The van der Waals surface area contributed by atoms with E-state index >= 15 is 0 Å². The number of rotatable bonds is 11. The Morgan fingerprint density at radius 3 is 2.37 bits per heavy atom. The fourth-order valence-electron chi connectivity index (χ4n) is 3.91. The average Bonchev–Trinajstić information content (AvgIpc) is 3.12. The molecule has 1 fully saturated rings. The molecule has 12 nitrogen and oxygen atoms in total. The fraction of sp³-hybridized carbons (Fsp3) is 0.545. The lowest BCUT2D eigenvalue weighted by atomic mass is 10.1. The van der Waals surface area contributed by atoms with Gasteiger partial charge in [0.25, 0.3) is 5.56 Å². The number of methoxy groups -OCH3 is 2. The van der Waals surface area contributed by atoms with E-state index in [0.29, 0.717) is 12.0 Å². The molecule has 35 heavy (non-hydrogen) atoms. The second-order valence-corrected chi connectivity index (χ2v) is 9.90. The summed E-state index contributed by atoms with van der Waals surface area (Å²) in [4.78, 5) is 37.3. The van der Waals surface area contributed by atoms with Crippen molar-refractivity contribution in [1.82, 2.24) is 9.55 Å². The van der Waals surface area contributed by atoms with Gasteiger partial charge in [-0.15, -0.1) is 0 Å². The summed E-state index contributed by atoms with van der Waals surface area (Å²) in [6, 6.07) is 4.50. The molecule has 3 rings (SSSR count). The number of aromatic nitrogens is 2. The van der Waals surface area contributed by atoms with Crippen LogP contribution < -0.4 is 26.0 Å². The van der Waals surface area contributed by atoms with Gasteiger partial charge in [-0.1, -0.05) is 25.8 Å². The molecular formula is C22H31N2O10P. The fourth-order valence-corrected chi connectivity index (χ4v) is 5.27. The van der Waals surface area contributed by atoms with Crippen molar-refractivity contribution in [2.45, 2.75) is 57.1 Å². The highest BCUT2D eigenvalue weighted by molar-refractivity contribution is 7.61. The zero-order chi connectivity index (χ0) is 25.8. The summed E-state index contributed by atoms with van der Waals surface area (Å²) >= 11 is 0. The number of aromatic amines is 1. The Balaban J connectivity index is 1.80. The van der Waals surface area contributed by atoms with Crippen molar-refractivity contribution in [3.63, 3.8) is 0 Å². The molecule has 4 N–H and O–H groups in total. The van der Waals surface area contributed by atoms with E-state index < -0.39 is 50.0 Å². The van der Waals surface area contributed by atoms with E-state index in [1.165, 1.54) is 32.5 Å². The molecule has 0 spiro atoms. The summed E-state index contributed by atoms with van der Waals surface area (Å²) < 4.78 is 35.2. The lowest BCUT2D eigenvalue weighted by molar-refractivity contribution is -0.0523. The topological polar surface area (TPSA) is 170 Å². The van der Waals surface area contributed by atoms with E-state index in [2.05, 4.69) is 4.98 Å². The lowest BCUT2D eigenvalue weighted by Gasteiger charge is -2.20. The minimum Gasteiger partial charge on any atom is -0.496 e. The van der Waals surface area contributed by atoms with E-state index in [1.807, 2.05) is 6.92 Å². The predicted octanol–water partition coefficient (Wildman–Crippen LogP) is 0.433. The zero-order valence-corrected chi connectivity index (χ0v) is 20.6. The molecule has 0 aliphatic carbocycles. The van der Waals surface area contributed by atoms with Gasteiger partial charge in [0.2, 0.25) is 0 Å². The first-order valence-corrected chi connectivity index (χ1v) is 12.8. The average molecular weight is 514 g/mol. The van der Waals surface area contributed by atoms with Crippen LogP contribution in [0.15, 0.2) is 34.0 Å². The summed E-state index contributed by atoms with van der Waals surface area (Å²) in [6.07, 6.45) is -1.37. The third kappa shape index (κ3) is 5.85. The molecule has 0 saturated carbocycles. The Labute approximate surface area is 201 Å². The molecule has 1 saturated heterocycles. The predicted molar refractivity (Wildman–Crippen MR) is 125 cm³/mol. The standard InChI is InChI=1S/C22H31N2O10P/c1-4-5-6-8-13-11-24(22(28)23-20(13)27)21-18(26)17(25)16(34-21)12-33-35(29,30)19-14(31-2)9-7-10-15(19)32-3/h7,9-11,16-18,21,25-26H,4-6,8,12H2,1-3H3,(H,29,30)(H,23,27,28). The summed E-state index contributed by atoms with van der Waals surface area (Å²) in [5, 5.41) is 20.8. The smallest absolute Gasteiger partial charge is 0.366 e. The quantitative estimate of drug-likeness (QED) is 0.244. The van der Waals surface area contributed by atoms with Crippen LogP contribution in [0.3, 0.4) is 0 Å². The maximum atomic E-state index is 13.0. The first kappa shape index (κ1) is 27.1. The number of aryl methyl sites for hydroxylation is 1. The molecule has 2 aromatic rings. The van der Waals surface area contributed by atoms with Crippen molar-refractivity contribution in [1.29, 1.82) is 0 Å². The highest BCUT2D eigenvalue weighted by atomic mass is 31.2. The van der Waals surface area contributed by atoms with Gasteiger partial charge in [-0.2, -0.15) is 0 Å². The number of nitrogens with zero attached hydrogens (tertiary/aromatic N) is 1. The molecule has 1 aliphatic rings. The monoisotopic (exact) mass is 514 g/mol. The maximum absolute atomic E-state index is 13.0. The van der Waals surface area contributed by atoms with Gasteiger partial charge in [0.05, 0.1) is 20.8 Å². The Hall–Kier alpha value is -2.47. The van der Waals surface area contributed by atoms with Gasteiger partial charge in [0.1, 0.15) is 35.1 Å². The van der Waals surface area contributed by atoms with Gasteiger partial charge in [-0.3, -0.25) is 18.9 Å². The van der Waals surface area contributed by atoms with Gasteiger partial charge in [-0.05, 0) is 25.0 Å². The first-order chi connectivity index (χ1) is 16.6. The van der Waals surface area contributed by atoms with Crippen LogP contribution in [0, 0.1) is 0 Å². The molecular weight excluding hydrogens is 483 g/mol. The van der Waals surface area contributed by atoms with Gasteiger partial charge < -0.3 is 33.8 Å². The summed E-state index contributed by atoms with van der Waals surface area (Å²) in [5.41, 5.74) is -1.01. The van der Waals surface area contributed by atoms with Crippen LogP contribution in [0.5, 0.6) is 11.5 Å². The molecule has 5 unspecified atom stereocenters. The number of H-pyrrole nitrogens is 1. The summed E-state index contributed by atoms with van der Waals surface area (Å²) in [5.74, 6) is 0.132. The maximum Gasteiger partial charge on any atom is 0.366 e. The first-order valence-electron chi connectivity index (χ1n) is 11.2. The molecule has 13 heteroatoms. The third-order valence-electron chi connectivity index (χ3n) is 5.80. The van der Waals surface area contributed by atoms with Gasteiger partial charge in [-0.25, -0.2) is 4.79 Å². The van der Waals surface area contributed by atoms with Crippen LogP contribution >= 0.6 is 7.60 Å². The normalized spacial score (nSPS) is 23.7. The second kappa shape index (κ2) is 11.5. The molecule has 1 aromatic heterocycles. The molecule has 1 aromatic carbocycles. The zero-order valence-electron chi connectivity index (χ0n) is 19.7. The van der Waals surface area contributed by atoms with Crippen molar-refractivity contribution in [3.05, 3.63) is 50.8 Å². The lowest BCUT2D eigenvalue weighted by Crippen LogP contribution is -2.39. The molecule has 1 aliphatic heterocycles. The Morgan fingerprint density at radius 1 is 1.11 bits per heavy atom. The minimum atomic E-state index is -4.52. The second-order valence-electron chi connectivity index (χ2n) is 8.15. The van der Waals surface area contributed by atoms with Crippen LogP contribution in [0.2, 0.25) is 0 Å². The van der Waals surface area contributed by atoms with Crippen molar-refractivity contribution in [2.75, 3.05) is 20.8 Å². The van der Waals surface area contributed by atoms with E-state index in [1.54, 1.807) is 6.07 Å². The van der Waals surface area contributed by atoms with E-state index in [9.17, 15) is 29.3 Å². The van der Waals surface area contributed by atoms with Crippen LogP contribution in [0.25, 0.3) is 0 Å². The summed E-state index contributed by atoms with van der Waals surface area (Å²) in [6.45, 7) is 1.43. The highest BCUT2D eigenvalue weighted by Crippen LogP contribution is 2.47. The molecule has 0 radical (unpaired) electrons. The molecule has 0 bridgehead atoms. The van der Waals surface area contributed by atoms with Crippen LogP contribution in [-0.4, -0.2) is 63.8 Å². The number of unbranched alkanes of at least 4 members (excludes halogenated alkanes) is 2. The van der Waals surface area contributed by atoms with Gasteiger partial charge >= 0.3 is 13.3 Å².